The van der Waals surface area contributed by atoms with E-state index in [0.29, 0.717) is 5.56 Å². The summed E-state index contributed by atoms with van der Waals surface area (Å²) >= 11 is 6.04. The van der Waals surface area contributed by atoms with Crippen LogP contribution in [0.25, 0.3) is 0 Å². The van der Waals surface area contributed by atoms with E-state index in [0.717, 1.165) is 41.3 Å². The molecule has 4 nitrogen and oxygen atoms in total. The number of hydrogen-bond acceptors (Lipinski definition) is 3. The lowest BCUT2D eigenvalue weighted by molar-refractivity contribution is -0.136. The highest BCUT2D eigenvalue weighted by Gasteiger charge is 2.21. The van der Waals surface area contributed by atoms with Gasteiger partial charge < -0.3 is 10.0 Å². The quantitative estimate of drug-likeness (QED) is 0.807. The Morgan fingerprint density at radius 3 is 2.71 bits per heavy atom. The molecule has 0 bridgehead atoms. The molecule has 0 aromatic heterocycles. The van der Waals surface area contributed by atoms with Crippen molar-refractivity contribution in [3.05, 3.63) is 64.2 Å². The maximum absolute atomic E-state index is 12.1. The van der Waals surface area contributed by atoms with Crippen LogP contribution in [0.3, 0.4) is 0 Å². The molecule has 1 aliphatic rings. The second kappa shape index (κ2) is 7.05. The van der Waals surface area contributed by atoms with Crippen LogP contribution in [0, 0.1) is 0 Å². The number of benzene rings is 2. The normalized spacial score (nSPS) is 13.0. The molecule has 0 saturated heterocycles. The molecule has 1 N–H and O–H groups in total. The molecule has 1 aliphatic heterocycles. The Morgan fingerprint density at radius 1 is 1.12 bits per heavy atom. The largest absolute Gasteiger partial charge is 0.481 e. The Kier molecular flexibility index (Phi) is 4.86. The number of nitrogens with zero attached hydrogens (tertiary/aromatic N) is 1. The number of halogens is 1. The number of fused-ring (bicyclic) bond motifs is 1. The third kappa shape index (κ3) is 3.77. The van der Waals surface area contributed by atoms with Crippen molar-refractivity contribution in [3.8, 4) is 0 Å². The van der Waals surface area contributed by atoms with Gasteiger partial charge >= 0.3 is 5.97 Å². The van der Waals surface area contributed by atoms with Gasteiger partial charge in [-0.25, -0.2) is 0 Å². The summed E-state index contributed by atoms with van der Waals surface area (Å²) in [5.74, 6) is -1.06. The van der Waals surface area contributed by atoms with Crippen LogP contribution in [-0.2, 0) is 17.8 Å². The SMILES string of the molecule is O=C(O)CCC(=O)c1ccc2c(c1)CCN2Cc1cccc(Cl)c1. The molecule has 2 aromatic carbocycles. The Hall–Kier alpha value is -2.33. The van der Waals surface area contributed by atoms with Gasteiger partial charge in [0.25, 0.3) is 0 Å². The summed E-state index contributed by atoms with van der Waals surface area (Å²) in [5.41, 5.74) is 4.01. The number of hydrogen-bond donors (Lipinski definition) is 1. The number of anilines is 1. The second-order valence-corrected chi connectivity index (χ2v) is 6.40. The van der Waals surface area contributed by atoms with E-state index in [1.807, 2.05) is 36.4 Å². The first-order valence-electron chi connectivity index (χ1n) is 7.90. The van der Waals surface area contributed by atoms with Crippen LogP contribution >= 0.6 is 11.6 Å². The van der Waals surface area contributed by atoms with E-state index in [1.165, 1.54) is 0 Å². The maximum Gasteiger partial charge on any atom is 0.303 e. The average Bonchev–Trinajstić information content (AvgIpc) is 2.95. The predicted molar refractivity (Wildman–Crippen MR) is 93.8 cm³/mol. The molecule has 0 fully saturated rings. The predicted octanol–water partition coefficient (Wildman–Crippen LogP) is 3.95. The summed E-state index contributed by atoms with van der Waals surface area (Å²) in [5, 5.41) is 9.42. The van der Waals surface area contributed by atoms with Crippen LogP contribution in [0.2, 0.25) is 5.02 Å². The lowest BCUT2D eigenvalue weighted by Gasteiger charge is -2.19. The summed E-state index contributed by atoms with van der Waals surface area (Å²) in [6, 6.07) is 13.5. The molecule has 0 unspecified atom stereocenters. The van der Waals surface area contributed by atoms with Gasteiger partial charge in [-0.05, 0) is 47.9 Å². The highest BCUT2D eigenvalue weighted by molar-refractivity contribution is 6.30. The van der Waals surface area contributed by atoms with E-state index in [1.54, 1.807) is 6.07 Å². The molecular formula is C19H18ClNO3. The molecule has 2 aromatic rings. The zero-order valence-corrected chi connectivity index (χ0v) is 13.9. The van der Waals surface area contributed by atoms with Crippen molar-refractivity contribution >= 4 is 29.0 Å². The zero-order chi connectivity index (χ0) is 17.1. The molecular weight excluding hydrogens is 326 g/mol. The third-order valence-corrected chi connectivity index (χ3v) is 4.46. The first-order valence-corrected chi connectivity index (χ1v) is 8.28. The van der Waals surface area contributed by atoms with Gasteiger partial charge in [0, 0.05) is 35.8 Å². The fourth-order valence-electron chi connectivity index (χ4n) is 3.03. The molecule has 0 aliphatic carbocycles. The van der Waals surface area contributed by atoms with Crippen LogP contribution in [0.5, 0.6) is 0 Å². The summed E-state index contributed by atoms with van der Waals surface area (Å²) in [6.07, 6.45) is 0.799. The van der Waals surface area contributed by atoms with Gasteiger partial charge in [-0.2, -0.15) is 0 Å². The minimum absolute atomic E-state index is 0.0420. The van der Waals surface area contributed by atoms with Gasteiger partial charge in [0.1, 0.15) is 0 Å². The molecule has 0 radical (unpaired) electrons. The number of carbonyl (C=O) groups excluding carboxylic acids is 1. The number of Topliss-reactive ketones (excluding diaryl/α,β-unsaturated/α-hetero) is 1. The molecule has 5 heteroatoms. The van der Waals surface area contributed by atoms with Crippen LogP contribution in [-0.4, -0.2) is 23.4 Å². The van der Waals surface area contributed by atoms with Gasteiger partial charge in [-0.1, -0.05) is 23.7 Å². The van der Waals surface area contributed by atoms with Crippen molar-refractivity contribution in [1.29, 1.82) is 0 Å². The van der Waals surface area contributed by atoms with Gasteiger partial charge in [-0.15, -0.1) is 0 Å². The zero-order valence-electron chi connectivity index (χ0n) is 13.2. The highest BCUT2D eigenvalue weighted by Crippen LogP contribution is 2.31. The molecule has 3 rings (SSSR count). The summed E-state index contributed by atoms with van der Waals surface area (Å²) < 4.78 is 0. The summed E-state index contributed by atoms with van der Waals surface area (Å²) in [4.78, 5) is 24.9. The van der Waals surface area contributed by atoms with Crippen molar-refractivity contribution in [1.82, 2.24) is 0 Å². The minimum atomic E-state index is -0.947. The Bertz CT molecular complexity index is 788. The lowest BCUT2D eigenvalue weighted by Crippen LogP contribution is -2.19. The monoisotopic (exact) mass is 343 g/mol. The summed E-state index contributed by atoms with van der Waals surface area (Å²) in [7, 11) is 0. The number of ketones is 1. The topological polar surface area (TPSA) is 57.6 Å². The molecule has 0 spiro atoms. The first-order chi connectivity index (χ1) is 11.5. The number of carbonyl (C=O) groups is 2. The fraction of sp³-hybridized carbons (Fsp3) is 0.263. The van der Waals surface area contributed by atoms with Gasteiger partial charge in [0.05, 0.1) is 6.42 Å². The van der Waals surface area contributed by atoms with Crippen LogP contribution in [0.15, 0.2) is 42.5 Å². The molecule has 24 heavy (non-hydrogen) atoms. The standard InChI is InChI=1S/C19H18ClNO3/c20-16-3-1-2-13(10-16)12-21-9-8-14-11-15(4-5-17(14)21)18(22)6-7-19(23)24/h1-5,10-11H,6-9,12H2,(H,23,24). The van der Waals surface area contributed by atoms with E-state index in [2.05, 4.69) is 4.90 Å². The van der Waals surface area contributed by atoms with Crippen LogP contribution < -0.4 is 4.90 Å². The van der Waals surface area contributed by atoms with E-state index in [-0.39, 0.29) is 18.6 Å². The number of carboxylic acid groups (broad SMARTS) is 1. The Morgan fingerprint density at radius 2 is 1.96 bits per heavy atom. The molecule has 0 saturated carbocycles. The molecule has 0 amide bonds. The minimum Gasteiger partial charge on any atom is -0.481 e. The van der Waals surface area contributed by atoms with Crippen molar-refractivity contribution in [2.75, 3.05) is 11.4 Å². The van der Waals surface area contributed by atoms with Gasteiger partial charge in [-0.3, -0.25) is 9.59 Å². The smallest absolute Gasteiger partial charge is 0.303 e. The highest BCUT2D eigenvalue weighted by atomic mass is 35.5. The van der Waals surface area contributed by atoms with Crippen molar-refractivity contribution in [3.63, 3.8) is 0 Å². The first kappa shape index (κ1) is 16.5. The van der Waals surface area contributed by atoms with Gasteiger partial charge in [0.2, 0.25) is 0 Å². The Labute approximate surface area is 145 Å². The van der Waals surface area contributed by atoms with Crippen LogP contribution in [0.1, 0.15) is 34.3 Å². The van der Waals surface area contributed by atoms with Crippen molar-refractivity contribution in [2.45, 2.75) is 25.8 Å². The van der Waals surface area contributed by atoms with Gasteiger partial charge in [0.15, 0.2) is 5.78 Å². The van der Waals surface area contributed by atoms with E-state index in [9.17, 15) is 9.59 Å². The van der Waals surface area contributed by atoms with E-state index < -0.39 is 5.97 Å². The van der Waals surface area contributed by atoms with Crippen LogP contribution in [0.4, 0.5) is 5.69 Å². The molecule has 124 valence electrons. The second-order valence-electron chi connectivity index (χ2n) is 5.96. The average molecular weight is 344 g/mol. The molecule has 1 heterocycles. The number of rotatable bonds is 6. The van der Waals surface area contributed by atoms with Crippen molar-refractivity contribution < 1.29 is 14.7 Å². The number of carboxylic acids is 1. The Balaban J connectivity index is 1.73. The van der Waals surface area contributed by atoms with Crippen molar-refractivity contribution in [2.24, 2.45) is 0 Å². The fourth-order valence-corrected chi connectivity index (χ4v) is 3.24. The van der Waals surface area contributed by atoms with E-state index in [4.69, 9.17) is 16.7 Å². The molecule has 0 atom stereocenters. The van der Waals surface area contributed by atoms with E-state index >= 15 is 0 Å². The third-order valence-electron chi connectivity index (χ3n) is 4.22. The number of aliphatic carboxylic acids is 1. The summed E-state index contributed by atoms with van der Waals surface area (Å²) in [6.45, 7) is 1.68. The lowest BCUT2D eigenvalue weighted by atomic mass is 10.0. The maximum atomic E-state index is 12.1.